The van der Waals surface area contributed by atoms with Crippen LogP contribution in [0.5, 0.6) is 11.5 Å². The zero-order valence-corrected chi connectivity index (χ0v) is 14.2. The number of hydrogen-bond acceptors (Lipinski definition) is 5. The molecule has 0 aromatic heterocycles. The number of nitrogens with one attached hydrogen (secondary N) is 1. The van der Waals surface area contributed by atoms with Gasteiger partial charge in [-0.25, -0.2) is 9.18 Å². The fourth-order valence-corrected chi connectivity index (χ4v) is 2.65. The number of fused-ring (bicyclic) bond motifs is 1. The van der Waals surface area contributed by atoms with Crippen molar-refractivity contribution in [1.29, 1.82) is 0 Å². The Kier molecular flexibility index (Phi) is 5.36. The van der Waals surface area contributed by atoms with E-state index >= 15 is 0 Å². The highest BCUT2D eigenvalue weighted by Gasteiger charge is 2.15. The average Bonchev–Trinajstić information content (AvgIpc) is 2.64. The number of aryl methyl sites for hydroxylation is 1. The van der Waals surface area contributed by atoms with Gasteiger partial charge in [-0.2, -0.15) is 0 Å². The van der Waals surface area contributed by atoms with Crippen LogP contribution in [0.15, 0.2) is 36.4 Å². The third-order valence-corrected chi connectivity index (χ3v) is 3.96. The van der Waals surface area contributed by atoms with E-state index < -0.39 is 11.8 Å². The summed E-state index contributed by atoms with van der Waals surface area (Å²) in [5, 5.41) is 2.78. The van der Waals surface area contributed by atoms with Crippen LogP contribution >= 0.6 is 0 Å². The Morgan fingerprint density at radius 3 is 2.85 bits per heavy atom. The van der Waals surface area contributed by atoms with Crippen molar-refractivity contribution in [3.8, 4) is 11.5 Å². The minimum Gasteiger partial charge on any atom is -0.496 e. The van der Waals surface area contributed by atoms with Gasteiger partial charge in [0.15, 0.2) is 6.61 Å². The fourth-order valence-electron chi connectivity index (χ4n) is 2.65. The molecule has 0 saturated carbocycles. The molecule has 1 amide bonds. The summed E-state index contributed by atoms with van der Waals surface area (Å²) in [4.78, 5) is 23.2. The van der Waals surface area contributed by atoms with E-state index in [0.717, 1.165) is 11.3 Å². The molecule has 6 nitrogen and oxygen atoms in total. The van der Waals surface area contributed by atoms with Gasteiger partial charge in [0.2, 0.25) is 5.91 Å². The summed E-state index contributed by atoms with van der Waals surface area (Å²) in [6.07, 6.45) is 1.05. The first-order valence-corrected chi connectivity index (χ1v) is 8.09. The van der Waals surface area contributed by atoms with E-state index in [1.54, 1.807) is 18.2 Å². The average molecular weight is 359 g/mol. The van der Waals surface area contributed by atoms with Crippen LogP contribution in [-0.2, 0) is 27.4 Å². The van der Waals surface area contributed by atoms with Gasteiger partial charge in [0, 0.05) is 17.7 Å². The molecule has 0 fully saturated rings. The zero-order chi connectivity index (χ0) is 18.5. The van der Waals surface area contributed by atoms with Crippen molar-refractivity contribution in [2.24, 2.45) is 0 Å². The third-order valence-electron chi connectivity index (χ3n) is 3.96. The van der Waals surface area contributed by atoms with Crippen LogP contribution < -0.4 is 14.8 Å². The van der Waals surface area contributed by atoms with E-state index in [9.17, 15) is 14.0 Å². The molecule has 0 aliphatic carbocycles. The second kappa shape index (κ2) is 7.86. The SMILES string of the molecule is COc1ccc(F)cc1COC(=O)COc1ccc2c(c1)CCC(=O)N2. The Hall–Kier alpha value is -3.09. The molecule has 1 aliphatic heterocycles. The standard InChI is InChI=1S/C19H18FNO5/c1-24-17-6-3-14(20)8-13(17)10-26-19(23)11-25-15-4-5-16-12(9-15)2-7-18(22)21-16/h3-6,8-9H,2,7,10-11H2,1H3,(H,21,22). The number of anilines is 1. The maximum Gasteiger partial charge on any atom is 0.344 e. The molecule has 0 saturated heterocycles. The van der Waals surface area contributed by atoms with Gasteiger partial charge < -0.3 is 19.5 Å². The quantitative estimate of drug-likeness (QED) is 0.803. The second-order valence-electron chi connectivity index (χ2n) is 5.77. The Bertz CT molecular complexity index is 837. The van der Waals surface area contributed by atoms with Crippen LogP contribution in [0.1, 0.15) is 17.5 Å². The first kappa shape index (κ1) is 17.7. The molecule has 0 spiro atoms. The molecule has 0 unspecified atom stereocenters. The lowest BCUT2D eigenvalue weighted by Crippen LogP contribution is -2.19. The molecule has 2 aromatic rings. The monoisotopic (exact) mass is 359 g/mol. The minimum atomic E-state index is -0.581. The van der Waals surface area contributed by atoms with Crippen molar-refractivity contribution in [2.75, 3.05) is 19.0 Å². The van der Waals surface area contributed by atoms with Crippen molar-refractivity contribution in [3.63, 3.8) is 0 Å². The molecular weight excluding hydrogens is 341 g/mol. The molecule has 0 radical (unpaired) electrons. The molecule has 136 valence electrons. The molecule has 1 aliphatic rings. The van der Waals surface area contributed by atoms with Gasteiger partial charge in [0.05, 0.1) is 7.11 Å². The molecule has 26 heavy (non-hydrogen) atoms. The summed E-state index contributed by atoms with van der Waals surface area (Å²) >= 11 is 0. The highest BCUT2D eigenvalue weighted by molar-refractivity contribution is 5.94. The summed E-state index contributed by atoms with van der Waals surface area (Å²) in [7, 11) is 1.46. The number of rotatable bonds is 6. The second-order valence-corrected chi connectivity index (χ2v) is 5.77. The van der Waals surface area contributed by atoms with Gasteiger partial charge in [0.1, 0.15) is 23.9 Å². The molecule has 7 heteroatoms. The van der Waals surface area contributed by atoms with Crippen LogP contribution in [0, 0.1) is 5.82 Å². The largest absolute Gasteiger partial charge is 0.496 e. The van der Waals surface area contributed by atoms with Crippen LogP contribution in [-0.4, -0.2) is 25.6 Å². The molecule has 0 bridgehead atoms. The molecule has 1 heterocycles. The smallest absolute Gasteiger partial charge is 0.344 e. The van der Waals surface area contributed by atoms with Crippen LogP contribution in [0.25, 0.3) is 0 Å². The number of benzene rings is 2. The number of carbonyl (C=O) groups excluding carboxylic acids is 2. The maximum atomic E-state index is 13.3. The van der Waals surface area contributed by atoms with Gasteiger partial charge in [-0.05, 0) is 48.4 Å². The molecular formula is C19H18FNO5. The number of methoxy groups -OCH3 is 1. The van der Waals surface area contributed by atoms with Crippen molar-refractivity contribution in [1.82, 2.24) is 0 Å². The molecule has 0 atom stereocenters. The molecule has 1 N–H and O–H groups in total. The Morgan fingerprint density at radius 2 is 2.04 bits per heavy atom. The zero-order valence-electron chi connectivity index (χ0n) is 14.2. The van der Waals surface area contributed by atoms with Gasteiger partial charge in [-0.15, -0.1) is 0 Å². The number of hydrogen-bond donors (Lipinski definition) is 1. The topological polar surface area (TPSA) is 73.9 Å². The number of ether oxygens (including phenoxy) is 3. The number of halogens is 1. The van der Waals surface area contributed by atoms with Gasteiger partial charge >= 0.3 is 5.97 Å². The summed E-state index contributed by atoms with van der Waals surface area (Å²) in [6.45, 7) is -0.387. The maximum absolute atomic E-state index is 13.3. The Labute approximate surface area is 149 Å². The first-order valence-electron chi connectivity index (χ1n) is 8.09. The van der Waals surface area contributed by atoms with Crippen molar-refractivity contribution in [2.45, 2.75) is 19.4 Å². The lowest BCUT2D eigenvalue weighted by atomic mass is 10.0. The van der Waals surface area contributed by atoms with E-state index in [1.165, 1.54) is 25.3 Å². The first-order chi connectivity index (χ1) is 12.5. The minimum absolute atomic E-state index is 0.0116. The summed E-state index contributed by atoms with van der Waals surface area (Å²) in [6, 6.07) is 9.20. The van der Waals surface area contributed by atoms with Gasteiger partial charge in [-0.3, -0.25) is 4.79 Å². The van der Waals surface area contributed by atoms with E-state index in [2.05, 4.69) is 5.32 Å². The number of carbonyl (C=O) groups is 2. The van der Waals surface area contributed by atoms with Crippen LogP contribution in [0.2, 0.25) is 0 Å². The summed E-state index contributed by atoms with van der Waals surface area (Å²) in [5.41, 5.74) is 2.15. The fraction of sp³-hybridized carbons (Fsp3) is 0.263. The number of amides is 1. The molecule has 2 aromatic carbocycles. The summed E-state index contributed by atoms with van der Waals surface area (Å²) < 4.78 is 28.9. The van der Waals surface area contributed by atoms with Crippen molar-refractivity contribution < 1.29 is 28.2 Å². The van der Waals surface area contributed by atoms with Crippen LogP contribution in [0.3, 0.4) is 0 Å². The Balaban J connectivity index is 1.53. The highest BCUT2D eigenvalue weighted by Crippen LogP contribution is 2.27. The Morgan fingerprint density at radius 1 is 1.19 bits per heavy atom. The van der Waals surface area contributed by atoms with Crippen molar-refractivity contribution in [3.05, 3.63) is 53.3 Å². The third kappa shape index (κ3) is 4.30. The van der Waals surface area contributed by atoms with E-state index in [4.69, 9.17) is 14.2 Å². The van der Waals surface area contributed by atoms with Crippen LogP contribution in [0.4, 0.5) is 10.1 Å². The summed E-state index contributed by atoms with van der Waals surface area (Å²) in [5.74, 6) is -0.0730. The molecule has 3 rings (SSSR count). The van der Waals surface area contributed by atoms with Gasteiger partial charge in [0.25, 0.3) is 0 Å². The van der Waals surface area contributed by atoms with E-state index in [-0.39, 0.29) is 19.1 Å². The predicted molar refractivity (Wildman–Crippen MR) is 91.6 cm³/mol. The lowest BCUT2D eigenvalue weighted by molar-refractivity contribution is -0.147. The van der Waals surface area contributed by atoms with E-state index in [1.807, 2.05) is 0 Å². The predicted octanol–water partition coefficient (Wildman–Crippen LogP) is 2.84. The normalized spacial score (nSPS) is 12.8. The lowest BCUT2D eigenvalue weighted by Gasteiger charge is -2.17. The highest BCUT2D eigenvalue weighted by atomic mass is 19.1. The van der Waals surface area contributed by atoms with Gasteiger partial charge in [-0.1, -0.05) is 0 Å². The number of esters is 1. The van der Waals surface area contributed by atoms with E-state index in [0.29, 0.717) is 29.9 Å². The van der Waals surface area contributed by atoms with Crippen molar-refractivity contribution >= 4 is 17.6 Å².